The first-order chi connectivity index (χ1) is 22.5. The predicted octanol–water partition coefficient (Wildman–Crippen LogP) is 6.90. The van der Waals surface area contributed by atoms with Gasteiger partial charge in [-0.15, -0.1) is 11.3 Å². The van der Waals surface area contributed by atoms with Gasteiger partial charge in [-0.1, -0.05) is 48.5 Å². The molecule has 0 bridgehead atoms. The van der Waals surface area contributed by atoms with Crippen molar-refractivity contribution in [2.45, 2.75) is 38.8 Å². The van der Waals surface area contributed by atoms with Gasteiger partial charge >= 0.3 is 6.09 Å². The maximum atomic E-state index is 13.8. The van der Waals surface area contributed by atoms with E-state index in [4.69, 9.17) is 4.74 Å². The van der Waals surface area contributed by atoms with Gasteiger partial charge in [-0.05, 0) is 74.9 Å². The molecule has 4 aromatic carbocycles. The summed E-state index contributed by atoms with van der Waals surface area (Å²) in [7, 11) is 1.67. The third kappa shape index (κ3) is 8.59. The molecule has 5 aromatic rings. The second-order valence-corrected chi connectivity index (χ2v) is 12.7. The highest BCUT2D eigenvalue weighted by molar-refractivity contribution is 7.16. The van der Waals surface area contributed by atoms with Crippen LogP contribution < -0.4 is 20.9 Å². The Morgan fingerprint density at radius 3 is 2.17 bits per heavy atom. The zero-order valence-electron chi connectivity index (χ0n) is 26.4. The van der Waals surface area contributed by atoms with Gasteiger partial charge < -0.3 is 20.3 Å². The summed E-state index contributed by atoms with van der Waals surface area (Å²) >= 11 is 1.52. The van der Waals surface area contributed by atoms with Crippen LogP contribution >= 0.6 is 11.3 Å². The number of carbonyl (C=O) groups is 4. The third-order valence-electron chi connectivity index (χ3n) is 7.12. The number of thiazole rings is 1. The Kier molecular flexibility index (Phi) is 9.96. The Hall–Kier alpha value is -5.55. The fourth-order valence-electron chi connectivity index (χ4n) is 4.82. The zero-order valence-corrected chi connectivity index (χ0v) is 27.3. The van der Waals surface area contributed by atoms with Gasteiger partial charge in [-0.25, -0.2) is 9.78 Å². The number of ether oxygens (including phenoxy) is 1. The average molecular weight is 650 g/mol. The lowest BCUT2D eigenvalue weighted by molar-refractivity contribution is -0.120. The molecule has 1 heterocycles. The fourth-order valence-corrected chi connectivity index (χ4v) is 5.48. The summed E-state index contributed by atoms with van der Waals surface area (Å²) in [6, 6.07) is 27.1. The van der Waals surface area contributed by atoms with Gasteiger partial charge in [-0.2, -0.15) is 0 Å². The van der Waals surface area contributed by atoms with Crippen LogP contribution in [0.4, 0.5) is 21.9 Å². The number of anilines is 3. The molecule has 0 aliphatic carbocycles. The highest BCUT2D eigenvalue weighted by Crippen LogP contribution is 2.25. The third-order valence-corrected chi connectivity index (χ3v) is 7.93. The van der Waals surface area contributed by atoms with Crippen LogP contribution in [-0.4, -0.2) is 47.5 Å². The molecule has 3 N–H and O–H groups in total. The van der Waals surface area contributed by atoms with Gasteiger partial charge in [0, 0.05) is 30.3 Å². The Balaban J connectivity index is 1.33. The number of benzene rings is 4. The van der Waals surface area contributed by atoms with E-state index in [-0.39, 0.29) is 23.5 Å². The molecule has 1 aromatic heterocycles. The molecule has 0 aliphatic rings. The number of fused-ring (bicyclic) bond motifs is 1. The first-order valence-electron chi connectivity index (χ1n) is 14.9. The Bertz CT molecular complexity index is 1920. The van der Waals surface area contributed by atoms with Crippen LogP contribution in [0.25, 0.3) is 10.2 Å². The molecular formula is C36H35N5O5S. The number of amides is 4. The van der Waals surface area contributed by atoms with Crippen LogP contribution in [0.2, 0.25) is 0 Å². The van der Waals surface area contributed by atoms with E-state index >= 15 is 0 Å². The largest absolute Gasteiger partial charge is 0.444 e. The van der Waals surface area contributed by atoms with Crippen molar-refractivity contribution < 1.29 is 23.9 Å². The first-order valence-corrected chi connectivity index (χ1v) is 15.8. The maximum Gasteiger partial charge on any atom is 0.412 e. The summed E-state index contributed by atoms with van der Waals surface area (Å²) in [4.78, 5) is 58.9. The summed E-state index contributed by atoms with van der Waals surface area (Å²) in [5.41, 5.74) is 4.49. The van der Waals surface area contributed by atoms with E-state index in [0.717, 1.165) is 15.8 Å². The van der Waals surface area contributed by atoms with Crippen molar-refractivity contribution in [2.24, 2.45) is 0 Å². The van der Waals surface area contributed by atoms with Crippen molar-refractivity contribution in [3.05, 3.63) is 119 Å². The number of para-hydroxylation sites is 2. The Labute approximate surface area is 276 Å². The second-order valence-electron chi connectivity index (χ2n) is 11.8. The second kappa shape index (κ2) is 14.3. The van der Waals surface area contributed by atoms with E-state index in [9.17, 15) is 19.2 Å². The number of carbonyl (C=O) groups excluding carboxylic acids is 4. The first kappa shape index (κ1) is 32.8. The molecule has 0 unspecified atom stereocenters. The maximum absolute atomic E-state index is 13.8. The van der Waals surface area contributed by atoms with E-state index in [1.165, 1.54) is 22.3 Å². The molecular weight excluding hydrogens is 614 g/mol. The van der Waals surface area contributed by atoms with E-state index in [0.29, 0.717) is 17.1 Å². The highest BCUT2D eigenvalue weighted by Gasteiger charge is 2.26. The van der Waals surface area contributed by atoms with E-state index < -0.39 is 29.6 Å². The predicted molar refractivity (Wildman–Crippen MR) is 185 cm³/mol. The van der Waals surface area contributed by atoms with Crippen molar-refractivity contribution in [1.29, 1.82) is 0 Å². The van der Waals surface area contributed by atoms with Gasteiger partial charge in [0.2, 0.25) is 5.91 Å². The normalized spacial score (nSPS) is 11.7. The van der Waals surface area contributed by atoms with Crippen LogP contribution in [0.15, 0.2) is 103 Å². The lowest BCUT2D eigenvalue weighted by atomic mass is 10.0. The minimum atomic E-state index is -0.899. The van der Waals surface area contributed by atoms with Crippen LogP contribution in [0.1, 0.15) is 47.1 Å². The minimum Gasteiger partial charge on any atom is -0.444 e. The molecule has 4 amide bonds. The number of nitrogens with zero attached hydrogens (tertiary/aromatic N) is 2. The van der Waals surface area contributed by atoms with Gasteiger partial charge in [0.05, 0.1) is 27.1 Å². The number of likely N-dealkylation sites (N-methyl/N-ethyl adjacent to an activating group) is 1. The van der Waals surface area contributed by atoms with Crippen molar-refractivity contribution >= 4 is 62.4 Å². The zero-order chi connectivity index (χ0) is 33.6. The van der Waals surface area contributed by atoms with Crippen molar-refractivity contribution in [1.82, 2.24) is 10.3 Å². The molecule has 10 nitrogen and oxygen atoms in total. The number of rotatable bonds is 9. The molecule has 0 fully saturated rings. The Morgan fingerprint density at radius 1 is 0.809 bits per heavy atom. The van der Waals surface area contributed by atoms with Crippen molar-refractivity contribution in [3.8, 4) is 0 Å². The molecule has 1 atom stereocenters. The standard InChI is InChI=1S/C36H35N5O5S/c1-36(2,3)46-35(45)40-28-16-9-8-15-27(28)38-32(42)24-13-10-14-25(20-24)33(43)39-30(19-23-11-6-5-7-12-23)34(44)41(4)26-17-18-31-29(21-26)37-22-47-31/h5-18,20-22,30H,19H2,1-4H3,(H,38,42)(H,39,43)(H,40,45)/t30-/m0/s1. The van der Waals surface area contributed by atoms with Crippen molar-refractivity contribution in [2.75, 3.05) is 22.6 Å². The molecule has 0 aliphatic heterocycles. The summed E-state index contributed by atoms with van der Waals surface area (Å²) in [6.07, 6.45) is -0.400. The number of aromatic nitrogens is 1. The van der Waals surface area contributed by atoms with Gasteiger partial charge in [0.15, 0.2) is 0 Å². The lowest BCUT2D eigenvalue weighted by Crippen LogP contribution is -2.48. The van der Waals surface area contributed by atoms with Crippen LogP contribution in [0, 0.1) is 0 Å². The average Bonchev–Trinajstić information content (AvgIpc) is 3.52. The summed E-state index contributed by atoms with van der Waals surface area (Å²) in [5.74, 6) is -1.31. The quantitative estimate of drug-likeness (QED) is 0.159. The van der Waals surface area contributed by atoms with Crippen molar-refractivity contribution in [3.63, 3.8) is 0 Å². The number of hydrogen-bond acceptors (Lipinski definition) is 7. The van der Waals surface area contributed by atoms with Crippen LogP contribution in [0.5, 0.6) is 0 Å². The fraction of sp³-hybridized carbons (Fsp3) is 0.194. The topological polar surface area (TPSA) is 130 Å². The van der Waals surface area contributed by atoms with E-state index in [1.807, 2.05) is 48.5 Å². The molecule has 11 heteroatoms. The number of hydrogen-bond donors (Lipinski definition) is 3. The molecule has 0 saturated carbocycles. The molecule has 47 heavy (non-hydrogen) atoms. The molecule has 5 rings (SSSR count). The molecule has 0 saturated heterocycles. The highest BCUT2D eigenvalue weighted by atomic mass is 32.1. The van der Waals surface area contributed by atoms with E-state index in [1.54, 1.807) is 75.8 Å². The summed E-state index contributed by atoms with van der Waals surface area (Å²) in [5, 5.41) is 8.34. The Morgan fingerprint density at radius 2 is 1.47 bits per heavy atom. The molecule has 0 radical (unpaired) electrons. The van der Waals surface area contributed by atoms with Gasteiger partial charge in [-0.3, -0.25) is 19.7 Å². The van der Waals surface area contributed by atoms with Crippen LogP contribution in [-0.2, 0) is 16.0 Å². The summed E-state index contributed by atoms with van der Waals surface area (Å²) < 4.78 is 6.34. The number of nitrogens with one attached hydrogen (secondary N) is 3. The molecule has 0 spiro atoms. The SMILES string of the molecule is CN(C(=O)[C@H](Cc1ccccc1)NC(=O)c1cccc(C(=O)Nc2ccccc2NC(=O)OC(C)(C)C)c1)c1ccc2scnc2c1. The van der Waals surface area contributed by atoms with Gasteiger partial charge in [0.1, 0.15) is 11.6 Å². The molecule has 240 valence electrons. The van der Waals surface area contributed by atoms with Crippen LogP contribution in [0.3, 0.4) is 0 Å². The monoisotopic (exact) mass is 649 g/mol. The smallest absolute Gasteiger partial charge is 0.412 e. The summed E-state index contributed by atoms with van der Waals surface area (Å²) in [6.45, 7) is 5.26. The van der Waals surface area contributed by atoms with Gasteiger partial charge in [0.25, 0.3) is 11.8 Å². The van der Waals surface area contributed by atoms with E-state index in [2.05, 4.69) is 20.9 Å². The lowest BCUT2D eigenvalue weighted by Gasteiger charge is -2.25. The minimum absolute atomic E-state index is 0.204.